The number of hydrogen-bond donors (Lipinski definition) is 3. The van der Waals surface area contributed by atoms with Crippen molar-refractivity contribution in [3.05, 3.63) is 35.9 Å². The summed E-state index contributed by atoms with van der Waals surface area (Å²) in [4.78, 5) is 25.8. The Morgan fingerprint density at radius 2 is 2.00 bits per heavy atom. The summed E-state index contributed by atoms with van der Waals surface area (Å²) in [7, 11) is 0. The van der Waals surface area contributed by atoms with Gasteiger partial charge < -0.3 is 20.6 Å². The van der Waals surface area contributed by atoms with Crippen LogP contribution in [0, 0.1) is 11.8 Å². The van der Waals surface area contributed by atoms with Crippen LogP contribution in [0.1, 0.15) is 45.1 Å². The summed E-state index contributed by atoms with van der Waals surface area (Å²) in [5.41, 5.74) is 1.09. The predicted octanol–water partition coefficient (Wildman–Crippen LogP) is 3.13. The normalized spacial score (nSPS) is 18.6. The summed E-state index contributed by atoms with van der Waals surface area (Å²) in [6.07, 6.45) is 3.41. The van der Waals surface area contributed by atoms with Crippen molar-refractivity contribution in [2.24, 2.45) is 11.8 Å². The molecule has 1 saturated heterocycles. The standard InChI is InChI=1S/C22H35N3O3/c1-17(2)15-25-12-6-9-19(16-25)14-23-22(28)24-20(10-11-21(26)27)13-18-7-4-3-5-8-18/h3-5,7-8,17,19-20H,6,9-16H2,1-2H3,(H,26,27)(H2,23,24,28). The Labute approximate surface area is 168 Å². The van der Waals surface area contributed by atoms with E-state index in [2.05, 4.69) is 29.4 Å². The van der Waals surface area contributed by atoms with Gasteiger partial charge in [-0.2, -0.15) is 0 Å². The highest BCUT2D eigenvalue weighted by Gasteiger charge is 2.21. The van der Waals surface area contributed by atoms with Gasteiger partial charge in [0.2, 0.25) is 0 Å². The van der Waals surface area contributed by atoms with Gasteiger partial charge in [-0.1, -0.05) is 44.2 Å². The average Bonchev–Trinajstić information content (AvgIpc) is 2.65. The number of rotatable bonds is 10. The van der Waals surface area contributed by atoms with E-state index in [9.17, 15) is 9.59 Å². The lowest BCUT2D eigenvalue weighted by Crippen LogP contribution is -2.47. The Bertz CT molecular complexity index is 606. The van der Waals surface area contributed by atoms with Crippen molar-refractivity contribution in [2.45, 2.75) is 52.0 Å². The number of carboxylic acids is 1. The van der Waals surface area contributed by atoms with Crippen LogP contribution < -0.4 is 10.6 Å². The van der Waals surface area contributed by atoms with E-state index < -0.39 is 5.97 Å². The number of amides is 2. The van der Waals surface area contributed by atoms with E-state index in [1.165, 1.54) is 6.42 Å². The van der Waals surface area contributed by atoms with E-state index in [0.29, 0.717) is 31.2 Å². The third-order valence-electron chi connectivity index (χ3n) is 5.14. The molecule has 0 aromatic heterocycles. The first-order valence-electron chi connectivity index (χ1n) is 10.4. The summed E-state index contributed by atoms with van der Waals surface area (Å²) in [5.74, 6) is 0.292. The number of benzene rings is 1. The van der Waals surface area contributed by atoms with Crippen molar-refractivity contribution in [2.75, 3.05) is 26.2 Å². The zero-order valence-electron chi connectivity index (χ0n) is 17.2. The molecule has 3 N–H and O–H groups in total. The van der Waals surface area contributed by atoms with Crippen molar-refractivity contribution >= 4 is 12.0 Å². The van der Waals surface area contributed by atoms with Crippen LogP contribution in [0.3, 0.4) is 0 Å². The molecule has 1 aromatic carbocycles. The fourth-order valence-electron chi connectivity index (χ4n) is 3.90. The minimum Gasteiger partial charge on any atom is -0.481 e. The van der Waals surface area contributed by atoms with Gasteiger partial charge in [-0.05, 0) is 49.6 Å². The van der Waals surface area contributed by atoms with Gasteiger partial charge in [-0.25, -0.2) is 4.79 Å². The largest absolute Gasteiger partial charge is 0.481 e. The van der Waals surface area contributed by atoms with Gasteiger partial charge in [-0.15, -0.1) is 0 Å². The molecule has 0 aliphatic carbocycles. The van der Waals surface area contributed by atoms with Crippen LogP contribution in [0.4, 0.5) is 4.79 Å². The van der Waals surface area contributed by atoms with Crippen molar-refractivity contribution in [3.8, 4) is 0 Å². The molecule has 1 aliphatic heterocycles. The first-order chi connectivity index (χ1) is 13.4. The lowest BCUT2D eigenvalue weighted by Gasteiger charge is -2.34. The molecule has 2 amide bonds. The quantitative estimate of drug-likeness (QED) is 0.574. The summed E-state index contributed by atoms with van der Waals surface area (Å²) < 4.78 is 0. The maximum Gasteiger partial charge on any atom is 0.315 e. The minimum absolute atomic E-state index is 0.0462. The molecule has 2 rings (SSSR count). The van der Waals surface area contributed by atoms with E-state index in [1.54, 1.807) is 0 Å². The van der Waals surface area contributed by atoms with Crippen molar-refractivity contribution < 1.29 is 14.7 Å². The molecule has 6 nitrogen and oxygen atoms in total. The number of nitrogens with zero attached hydrogens (tertiary/aromatic N) is 1. The molecule has 156 valence electrons. The van der Waals surface area contributed by atoms with Gasteiger partial charge in [0.1, 0.15) is 0 Å². The van der Waals surface area contributed by atoms with Crippen molar-refractivity contribution in [1.82, 2.24) is 15.5 Å². The monoisotopic (exact) mass is 389 g/mol. The van der Waals surface area contributed by atoms with Gasteiger partial charge in [0, 0.05) is 32.1 Å². The smallest absolute Gasteiger partial charge is 0.315 e. The van der Waals surface area contributed by atoms with Gasteiger partial charge in [-0.3, -0.25) is 4.79 Å². The molecule has 1 aromatic rings. The van der Waals surface area contributed by atoms with Crippen LogP contribution in [0.25, 0.3) is 0 Å². The van der Waals surface area contributed by atoms with Gasteiger partial charge >= 0.3 is 12.0 Å². The highest BCUT2D eigenvalue weighted by molar-refractivity contribution is 5.74. The van der Waals surface area contributed by atoms with Crippen LogP contribution in [-0.2, 0) is 11.2 Å². The predicted molar refractivity (Wildman–Crippen MR) is 111 cm³/mol. The van der Waals surface area contributed by atoms with Crippen molar-refractivity contribution in [3.63, 3.8) is 0 Å². The molecule has 0 saturated carbocycles. The van der Waals surface area contributed by atoms with Gasteiger partial charge in [0.05, 0.1) is 0 Å². The van der Waals surface area contributed by atoms with E-state index in [1.807, 2.05) is 30.3 Å². The molecule has 2 unspecified atom stereocenters. The van der Waals surface area contributed by atoms with Crippen molar-refractivity contribution in [1.29, 1.82) is 0 Å². The molecule has 2 atom stereocenters. The minimum atomic E-state index is -0.840. The van der Waals surface area contributed by atoms with Gasteiger partial charge in [0.25, 0.3) is 0 Å². The highest BCUT2D eigenvalue weighted by atomic mass is 16.4. The lowest BCUT2D eigenvalue weighted by atomic mass is 9.97. The maximum atomic E-state index is 12.4. The SMILES string of the molecule is CC(C)CN1CCCC(CNC(=O)NC(CCC(=O)O)Cc2ccccc2)C1. The second-order valence-corrected chi connectivity index (χ2v) is 8.34. The zero-order chi connectivity index (χ0) is 20.4. The summed E-state index contributed by atoms with van der Waals surface area (Å²) in [6.45, 7) is 8.42. The Balaban J connectivity index is 1.80. The van der Waals surface area contributed by atoms with Crippen LogP contribution in [-0.4, -0.2) is 54.2 Å². The van der Waals surface area contributed by atoms with E-state index in [-0.39, 0.29) is 18.5 Å². The number of urea groups is 1. The number of likely N-dealkylation sites (tertiary alicyclic amines) is 1. The van der Waals surface area contributed by atoms with E-state index in [0.717, 1.165) is 31.6 Å². The fraction of sp³-hybridized carbons (Fsp3) is 0.636. The number of piperidine rings is 1. The molecule has 1 heterocycles. The van der Waals surface area contributed by atoms with Crippen LogP contribution in [0.15, 0.2) is 30.3 Å². The molecule has 1 aliphatic rings. The molecule has 0 radical (unpaired) electrons. The molecule has 0 bridgehead atoms. The number of nitrogens with one attached hydrogen (secondary N) is 2. The molecule has 28 heavy (non-hydrogen) atoms. The lowest BCUT2D eigenvalue weighted by molar-refractivity contribution is -0.137. The fourth-order valence-corrected chi connectivity index (χ4v) is 3.90. The molecule has 6 heteroatoms. The number of carboxylic acid groups (broad SMARTS) is 1. The first kappa shape index (κ1) is 22.2. The Hall–Kier alpha value is -2.08. The Morgan fingerprint density at radius 1 is 1.25 bits per heavy atom. The Morgan fingerprint density at radius 3 is 2.68 bits per heavy atom. The van der Waals surface area contributed by atoms with E-state index in [4.69, 9.17) is 5.11 Å². The van der Waals surface area contributed by atoms with Crippen LogP contribution in [0.5, 0.6) is 0 Å². The van der Waals surface area contributed by atoms with Crippen LogP contribution in [0.2, 0.25) is 0 Å². The zero-order valence-corrected chi connectivity index (χ0v) is 17.2. The molecular formula is C22H35N3O3. The summed E-state index contributed by atoms with van der Waals surface area (Å²) in [6, 6.07) is 9.46. The highest BCUT2D eigenvalue weighted by Crippen LogP contribution is 2.17. The van der Waals surface area contributed by atoms with Gasteiger partial charge in [0.15, 0.2) is 0 Å². The topological polar surface area (TPSA) is 81.7 Å². The third kappa shape index (κ3) is 8.74. The number of carbonyl (C=O) groups excluding carboxylic acids is 1. The molecule has 0 spiro atoms. The number of carbonyl (C=O) groups is 2. The summed E-state index contributed by atoms with van der Waals surface area (Å²) in [5, 5.41) is 15.0. The average molecular weight is 390 g/mol. The first-order valence-corrected chi connectivity index (χ1v) is 10.4. The maximum absolute atomic E-state index is 12.4. The second-order valence-electron chi connectivity index (χ2n) is 8.34. The third-order valence-corrected chi connectivity index (χ3v) is 5.14. The Kier molecular flexibility index (Phi) is 9.28. The van der Waals surface area contributed by atoms with E-state index >= 15 is 0 Å². The summed E-state index contributed by atoms with van der Waals surface area (Å²) >= 11 is 0. The molecule has 1 fully saturated rings. The van der Waals surface area contributed by atoms with Crippen LogP contribution >= 0.6 is 0 Å². The number of hydrogen-bond acceptors (Lipinski definition) is 3. The second kappa shape index (κ2) is 11.7. The molecular weight excluding hydrogens is 354 g/mol. The number of aliphatic carboxylic acids is 1.